The van der Waals surface area contributed by atoms with E-state index in [4.69, 9.17) is 9.47 Å². The van der Waals surface area contributed by atoms with Crippen LogP contribution in [0.5, 0.6) is 11.5 Å². The van der Waals surface area contributed by atoms with Crippen molar-refractivity contribution in [1.82, 2.24) is 14.7 Å². The first-order valence-corrected chi connectivity index (χ1v) is 9.50. The monoisotopic (exact) mass is 397 g/mol. The third-order valence-electron chi connectivity index (χ3n) is 4.27. The van der Waals surface area contributed by atoms with Crippen LogP contribution in [0.2, 0.25) is 0 Å². The second kappa shape index (κ2) is 9.73. The van der Waals surface area contributed by atoms with Gasteiger partial charge in [-0.3, -0.25) is 4.79 Å². The van der Waals surface area contributed by atoms with Crippen LogP contribution in [0.25, 0.3) is 5.69 Å². The van der Waals surface area contributed by atoms with E-state index < -0.39 is 0 Å². The molecular formula is C22H24FN3O3. The fourth-order valence-electron chi connectivity index (χ4n) is 2.79. The van der Waals surface area contributed by atoms with E-state index in [1.165, 1.54) is 12.1 Å². The van der Waals surface area contributed by atoms with E-state index in [0.29, 0.717) is 37.7 Å². The van der Waals surface area contributed by atoms with Crippen LogP contribution in [-0.4, -0.2) is 47.4 Å². The molecule has 1 aromatic heterocycles. The van der Waals surface area contributed by atoms with E-state index in [0.717, 1.165) is 5.69 Å². The number of hydrogen-bond donors (Lipinski definition) is 0. The molecule has 0 unspecified atom stereocenters. The van der Waals surface area contributed by atoms with Gasteiger partial charge in [-0.15, -0.1) is 0 Å². The number of ether oxygens (including phenoxy) is 2. The summed E-state index contributed by atoms with van der Waals surface area (Å²) in [4.78, 5) is 14.5. The third kappa shape index (κ3) is 5.34. The van der Waals surface area contributed by atoms with Gasteiger partial charge < -0.3 is 14.4 Å². The fraction of sp³-hybridized carbons (Fsp3) is 0.273. The Morgan fingerprint density at radius 2 is 1.83 bits per heavy atom. The van der Waals surface area contributed by atoms with Gasteiger partial charge >= 0.3 is 0 Å². The van der Waals surface area contributed by atoms with Crippen molar-refractivity contribution in [2.75, 3.05) is 26.8 Å². The van der Waals surface area contributed by atoms with Crippen molar-refractivity contribution in [3.63, 3.8) is 0 Å². The topological polar surface area (TPSA) is 56.6 Å². The molecule has 0 fully saturated rings. The molecular weight excluding hydrogens is 373 g/mol. The Hall–Kier alpha value is -3.35. The highest BCUT2D eigenvalue weighted by Crippen LogP contribution is 2.21. The number of benzene rings is 2. The maximum atomic E-state index is 12.9. The van der Waals surface area contributed by atoms with Gasteiger partial charge in [0.1, 0.15) is 11.6 Å². The van der Waals surface area contributed by atoms with Gasteiger partial charge in [0.15, 0.2) is 11.4 Å². The maximum Gasteiger partial charge on any atom is 0.277 e. The van der Waals surface area contributed by atoms with Crippen LogP contribution < -0.4 is 9.47 Å². The molecule has 0 spiro atoms. The highest BCUT2D eigenvalue weighted by molar-refractivity contribution is 5.94. The summed E-state index contributed by atoms with van der Waals surface area (Å²) in [6.07, 6.45) is 2.35. The highest BCUT2D eigenvalue weighted by Gasteiger charge is 2.22. The van der Waals surface area contributed by atoms with Crippen LogP contribution in [0.3, 0.4) is 0 Å². The van der Waals surface area contributed by atoms with Gasteiger partial charge in [-0.25, -0.2) is 9.07 Å². The minimum absolute atomic E-state index is 0.218. The maximum absolute atomic E-state index is 12.9. The van der Waals surface area contributed by atoms with Gasteiger partial charge in [0.2, 0.25) is 0 Å². The zero-order chi connectivity index (χ0) is 20.6. The number of carbonyl (C=O) groups excluding carboxylic acids is 1. The fourth-order valence-corrected chi connectivity index (χ4v) is 2.79. The lowest BCUT2D eigenvalue weighted by molar-refractivity contribution is 0.0777. The van der Waals surface area contributed by atoms with E-state index in [2.05, 4.69) is 5.10 Å². The van der Waals surface area contributed by atoms with Gasteiger partial charge in [-0.1, -0.05) is 18.2 Å². The molecule has 0 radical (unpaired) electrons. The number of aromatic nitrogens is 2. The molecule has 0 N–H and O–H groups in total. The van der Waals surface area contributed by atoms with Gasteiger partial charge in [-0.2, -0.15) is 5.10 Å². The van der Waals surface area contributed by atoms with E-state index in [-0.39, 0.29) is 17.4 Å². The number of amides is 1. The van der Waals surface area contributed by atoms with Crippen LogP contribution in [-0.2, 0) is 0 Å². The second-order valence-electron chi connectivity index (χ2n) is 6.44. The number of para-hydroxylation sites is 1. The van der Waals surface area contributed by atoms with Gasteiger partial charge in [-0.05, 0) is 49.7 Å². The minimum atomic E-state index is -0.303. The molecule has 152 valence electrons. The van der Waals surface area contributed by atoms with Crippen molar-refractivity contribution in [2.45, 2.75) is 13.3 Å². The summed E-state index contributed by atoms with van der Waals surface area (Å²) < 4.78 is 25.7. The first-order valence-electron chi connectivity index (χ1n) is 9.50. The summed E-state index contributed by atoms with van der Waals surface area (Å²) in [5.41, 5.74) is 1.13. The molecule has 0 aliphatic heterocycles. The Kier molecular flexibility index (Phi) is 6.84. The van der Waals surface area contributed by atoms with Gasteiger partial charge in [0.25, 0.3) is 5.91 Å². The molecule has 29 heavy (non-hydrogen) atoms. The molecule has 7 heteroatoms. The lowest BCUT2D eigenvalue weighted by Crippen LogP contribution is -2.29. The average Bonchev–Trinajstić information content (AvgIpc) is 3.16. The summed E-state index contributed by atoms with van der Waals surface area (Å²) in [6, 6.07) is 15.4. The molecule has 3 aromatic rings. The predicted octanol–water partition coefficient (Wildman–Crippen LogP) is 3.95. The number of rotatable bonds is 9. The van der Waals surface area contributed by atoms with Crippen LogP contribution in [0.1, 0.15) is 23.8 Å². The van der Waals surface area contributed by atoms with Crippen molar-refractivity contribution < 1.29 is 18.7 Å². The Labute approximate surface area is 169 Å². The van der Waals surface area contributed by atoms with Crippen molar-refractivity contribution in [3.8, 4) is 17.2 Å². The number of nitrogens with zero attached hydrogens (tertiary/aromatic N) is 3. The smallest absolute Gasteiger partial charge is 0.277 e. The van der Waals surface area contributed by atoms with E-state index in [1.54, 1.807) is 35.0 Å². The predicted molar refractivity (Wildman–Crippen MR) is 108 cm³/mol. The van der Waals surface area contributed by atoms with Crippen molar-refractivity contribution >= 4 is 5.91 Å². The molecule has 2 aromatic carbocycles. The largest absolute Gasteiger partial charge is 0.494 e. The first-order chi connectivity index (χ1) is 14.1. The molecule has 6 nitrogen and oxygen atoms in total. The molecule has 1 heterocycles. The Morgan fingerprint density at radius 3 is 2.52 bits per heavy atom. The first kappa shape index (κ1) is 20.4. The summed E-state index contributed by atoms with van der Waals surface area (Å²) in [6.45, 7) is 3.21. The summed E-state index contributed by atoms with van der Waals surface area (Å²) >= 11 is 0. The van der Waals surface area contributed by atoms with E-state index in [9.17, 15) is 9.18 Å². The van der Waals surface area contributed by atoms with Crippen molar-refractivity contribution in [1.29, 1.82) is 0 Å². The van der Waals surface area contributed by atoms with Crippen LogP contribution in [0, 0.1) is 5.82 Å². The molecule has 0 aliphatic rings. The highest BCUT2D eigenvalue weighted by atomic mass is 19.1. The molecule has 0 saturated heterocycles. The summed E-state index contributed by atoms with van der Waals surface area (Å²) in [5.74, 6) is 0.531. The average molecular weight is 397 g/mol. The quantitative estimate of drug-likeness (QED) is 0.513. The van der Waals surface area contributed by atoms with Gasteiger partial charge in [0, 0.05) is 13.6 Å². The Morgan fingerprint density at radius 1 is 1.10 bits per heavy atom. The van der Waals surface area contributed by atoms with E-state index >= 15 is 0 Å². The number of halogens is 1. The third-order valence-corrected chi connectivity index (χ3v) is 4.27. The summed E-state index contributed by atoms with van der Waals surface area (Å²) in [7, 11) is 1.72. The van der Waals surface area contributed by atoms with Crippen LogP contribution >= 0.6 is 0 Å². The Balaban J connectivity index is 1.60. The van der Waals surface area contributed by atoms with Crippen LogP contribution in [0.4, 0.5) is 4.39 Å². The molecule has 3 rings (SSSR count). The lowest BCUT2D eigenvalue weighted by Gasteiger charge is -2.16. The second-order valence-corrected chi connectivity index (χ2v) is 6.44. The molecule has 0 atom stereocenters. The van der Waals surface area contributed by atoms with Crippen molar-refractivity contribution in [3.05, 3.63) is 72.3 Å². The number of carbonyl (C=O) groups is 1. The molecule has 0 aliphatic carbocycles. The normalized spacial score (nSPS) is 10.6. The molecule has 1 amide bonds. The molecule has 0 bridgehead atoms. The summed E-state index contributed by atoms with van der Waals surface area (Å²) in [5, 5.41) is 4.44. The SMILES string of the molecule is CCOc1cn(-c2ccccc2)nc1C(=O)N(C)CCCOc1ccc(F)cc1. The lowest BCUT2D eigenvalue weighted by atomic mass is 10.3. The zero-order valence-electron chi connectivity index (χ0n) is 16.5. The van der Waals surface area contributed by atoms with Gasteiger partial charge in [0.05, 0.1) is 25.1 Å². The number of hydrogen-bond acceptors (Lipinski definition) is 4. The zero-order valence-corrected chi connectivity index (χ0v) is 16.5. The standard InChI is InChI=1S/C22H24FN3O3/c1-3-28-20-16-26(18-8-5-4-6-9-18)24-21(20)22(27)25(2)14-7-15-29-19-12-10-17(23)11-13-19/h4-6,8-13,16H,3,7,14-15H2,1-2H3. The van der Waals surface area contributed by atoms with E-state index in [1.807, 2.05) is 37.3 Å². The Bertz CT molecular complexity index is 926. The molecule has 0 saturated carbocycles. The van der Waals surface area contributed by atoms with Crippen LogP contribution in [0.15, 0.2) is 60.8 Å². The van der Waals surface area contributed by atoms with Crippen molar-refractivity contribution in [2.24, 2.45) is 0 Å². The minimum Gasteiger partial charge on any atom is -0.494 e.